The minimum atomic E-state index is -0.833. The third-order valence-corrected chi connectivity index (χ3v) is 5.06. The number of carboxylic acids is 1. The number of carboxylic acid groups (broad SMARTS) is 1. The molecule has 0 aliphatic rings. The van der Waals surface area contributed by atoms with E-state index in [1.807, 2.05) is 60.7 Å². The van der Waals surface area contributed by atoms with Gasteiger partial charge >= 0.3 is 0 Å². The monoisotopic (exact) mass is 488 g/mol. The molecule has 0 saturated carbocycles. The third-order valence-electron chi connectivity index (χ3n) is 5.06. The molecule has 0 unspecified atom stereocenters. The van der Waals surface area contributed by atoms with Gasteiger partial charge in [-0.1, -0.05) is 53.4 Å². The third kappa shape index (κ3) is 26.7. The van der Waals surface area contributed by atoms with E-state index in [1.54, 1.807) is 0 Å². The van der Waals surface area contributed by atoms with E-state index in [9.17, 15) is 0 Å². The molecule has 0 aliphatic heterocycles. The first-order valence-corrected chi connectivity index (χ1v) is 12.4. The molecule has 188 valence electrons. The molecule has 1 N–H and O–H groups in total. The Morgan fingerprint density at radius 3 is 1.00 bits per heavy atom. The van der Waals surface area contributed by atoms with Gasteiger partial charge in [-0.05, 0) is 25.7 Å². The molecule has 2 rings (SSSR count). The average Bonchev–Trinajstić information content (AvgIpc) is 3.51. The van der Waals surface area contributed by atoms with Gasteiger partial charge in [0.2, 0.25) is 0 Å². The van der Waals surface area contributed by atoms with E-state index in [4.69, 9.17) is 9.90 Å². The molecule has 0 fully saturated rings. The van der Waals surface area contributed by atoms with Gasteiger partial charge in [0.05, 0.1) is 26.2 Å². The van der Waals surface area contributed by atoms with E-state index in [0.29, 0.717) is 0 Å². The molecule has 0 radical (unpaired) electrons. The SMILES string of the molecule is CC(=O)O.CCCC[N+](CCCC)(CCCC)CCCC.[Fe].c1cc[cH-]c1.c1cc[cH-]c1. The molecule has 0 bridgehead atoms. The van der Waals surface area contributed by atoms with Gasteiger partial charge in [-0.3, -0.25) is 4.79 Å². The summed E-state index contributed by atoms with van der Waals surface area (Å²) in [4.78, 5) is 9.00. The summed E-state index contributed by atoms with van der Waals surface area (Å²) in [6.07, 6.45) is 11.1. The second kappa shape index (κ2) is 27.7. The Balaban J connectivity index is -0.000000448. The second-order valence-electron chi connectivity index (χ2n) is 8.09. The van der Waals surface area contributed by atoms with Gasteiger partial charge in [0.15, 0.2) is 0 Å². The second-order valence-corrected chi connectivity index (χ2v) is 8.09. The Morgan fingerprint density at radius 1 is 0.656 bits per heavy atom. The molecule has 0 aromatic heterocycles. The predicted molar refractivity (Wildman–Crippen MR) is 137 cm³/mol. The Hall–Kier alpha value is -1.35. The largest absolute Gasteiger partial charge is 0.481 e. The van der Waals surface area contributed by atoms with Crippen LogP contribution in [-0.2, 0) is 21.9 Å². The normalized spacial score (nSPS) is 9.66. The molecule has 2 aromatic carbocycles. The fourth-order valence-corrected chi connectivity index (χ4v) is 3.29. The Labute approximate surface area is 210 Å². The number of carbonyl (C=O) groups is 1. The fourth-order valence-electron chi connectivity index (χ4n) is 3.29. The van der Waals surface area contributed by atoms with Gasteiger partial charge in [0.25, 0.3) is 5.97 Å². The van der Waals surface area contributed by atoms with E-state index in [2.05, 4.69) is 27.7 Å². The number of hydrogen-bond acceptors (Lipinski definition) is 1. The van der Waals surface area contributed by atoms with Crippen LogP contribution in [0.4, 0.5) is 0 Å². The molecule has 0 aliphatic carbocycles. The number of quaternary nitrogens is 1. The van der Waals surface area contributed by atoms with Crippen LogP contribution in [0.1, 0.15) is 86.0 Å². The first kappa shape index (κ1) is 35.2. The van der Waals surface area contributed by atoms with E-state index in [-0.39, 0.29) is 17.1 Å². The van der Waals surface area contributed by atoms with Crippen LogP contribution < -0.4 is 0 Å². The van der Waals surface area contributed by atoms with Crippen molar-refractivity contribution in [3.05, 3.63) is 60.7 Å². The Bertz CT molecular complexity index is 436. The minimum Gasteiger partial charge on any atom is -0.481 e. The van der Waals surface area contributed by atoms with Crippen molar-refractivity contribution >= 4 is 5.97 Å². The first-order valence-electron chi connectivity index (χ1n) is 12.4. The van der Waals surface area contributed by atoms with Crippen LogP contribution in [0, 0.1) is 0 Å². The molecule has 0 spiro atoms. The van der Waals surface area contributed by atoms with Gasteiger partial charge < -0.3 is 9.59 Å². The van der Waals surface area contributed by atoms with Crippen LogP contribution in [0.25, 0.3) is 0 Å². The van der Waals surface area contributed by atoms with Crippen LogP contribution in [-0.4, -0.2) is 41.7 Å². The van der Waals surface area contributed by atoms with Gasteiger partial charge in [-0.25, -0.2) is 24.3 Å². The zero-order valence-corrected chi connectivity index (χ0v) is 22.5. The van der Waals surface area contributed by atoms with Crippen LogP contribution >= 0.6 is 0 Å². The van der Waals surface area contributed by atoms with Crippen molar-refractivity contribution in [1.29, 1.82) is 0 Å². The molecule has 0 heterocycles. The summed E-state index contributed by atoms with van der Waals surface area (Å²) in [5.41, 5.74) is 0. The summed E-state index contributed by atoms with van der Waals surface area (Å²) in [5.74, 6) is -0.833. The summed E-state index contributed by atoms with van der Waals surface area (Å²) in [6, 6.07) is 20.0. The molecule has 0 amide bonds. The van der Waals surface area contributed by atoms with Crippen molar-refractivity contribution in [2.75, 3.05) is 26.2 Å². The summed E-state index contributed by atoms with van der Waals surface area (Å²) < 4.78 is 1.42. The van der Waals surface area contributed by atoms with Gasteiger partial charge in [0, 0.05) is 24.0 Å². The maximum atomic E-state index is 9.00. The zero-order valence-electron chi connectivity index (χ0n) is 21.4. The predicted octanol–water partition coefficient (Wildman–Crippen LogP) is 7.90. The molecule has 4 heteroatoms. The van der Waals surface area contributed by atoms with E-state index >= 15 is 0 Å². The quantitative estimate of drug-likeness (QED) is 0.187. The fraction of sp³-hybridized carbons (Fsp3) is 0.607. The van der Waals surface area contributed by atoms with Crippen molar-refractivity contribution in [3.8, 4) is 0 Å². The topological polar surface area (TPSA) is 37.3 Å². The summed E-state index contributed by atoms with van der Waals surface area (Å²) in [5, 5.41) is 7.42. The van der Waals surface area contributed by atoms with Gasteiger partial charge in [-0.2, -0.15) is 36.4 Å². The number of nitrogens with zero attached hydrogens (tertiary/aromatic N) is 1. The van der Waals surface area contributed by atoms with Gasteiger partial charge in [0.1, 0.15) is 0 Å². The van der Waals surface area contributed by atoms with Crippen molar-refractivity contribution in [2.45, 2.75) is 86.0 Å². The van der Waals surface area contributed by atoms with E-state index < -0.39 is 5.97 Å². The maximum Gasteiger partial charge on any atom is 0.300 e. The first-order chi connectivity index (χ1) is 15.0. The summed E-state index contributed by atoms with van der Waals surface area (Å²) in [7, 11) is 0. The number of unbranched alkanes of at least 4 members (excludes halogenated alkanes) is 4. The van der Waals surface area contributed by atoms with Crippen LogP contribution in [0.5, 0.6) is 0 Å². The molecule has 0 atom stereocenters. The molecular formula is C28H50FeNO2-. The van der Waals surface area contributed by atoms with Crippen LogP contribution in [0.3, 0.4) is 0 Å². The standard InChI is InChI=1S/C16H36N.2C5H5.C2H4O2.Fe/c1-5-9-13-17(14-10-6-2,15-11-7-3)16-12-8-4;2*1-2-4-5-3-1;1-2(3)4;/h5-16H2,1-4H3;2*1-5H;1H3,(H,3,4);/q+1;2*-1;;. The molecule has 32 heavy (non-hydrogen) atoms. The van der Waals surface area contributed by atoms with Gasteiger partial charge in [-0.15, -0.1) is 0 Å². The number of rotatable bonds is 12. The maximum absolute atomic E-state index is 9.00. The number of hydrogen-bond donors (Lipinski definition) is 1. The summed E-state index contributed by atoms with van der Waals surface area (Å²) >= 11 is 0. The van der Waals surface area contributed by atoms with Crippen molar-refractivity contribution < 1.29 is 31.5 Å². The van der Waals surface area contributed by atoms with Crippen molar-refractivity contribution in [1.82, 2.24) is 0 Å². The van der Waals surface area contributed by atoms with E-state index in [0.717, 1.165) is 6.92 Å². The van der Waals surface area contributed by atoms with E-state index in [1.165, 1.54) is 82.0 Å². The summed E-state index contributed by atoms with van der Waals surface area (Å²) in [6.45, 7) is 16.1. The molecular weight excluding hydrogens is 438 g/mol. The van der Waals surface area contributed by atoms with Crippen molar-refractivity contribution in [2.24, 2.45) is 0 Å². The minimum absolute atomic E-state index is 0. The van der Waals surface area contributed by atoms with Crippen molar-refractivity contribution in [3.63, 3.8) is 0 Å². The molecule has 0 saturated heterocycles. The molecule has 3 nitrogen and oxygen atoms in total. The average molecular weight is 489 g/mol. The smallest absolute Gasteiger partial charge is 0.300 e. The van der Waals surface area contributed by atoms with Crippen LogP contribution in [0.15, 0.2) is 60.7 Å². The van der Waals surface area contributed by atoms with Crippen LogP contribution in [0.2, 0.25) is 0 Å². The number of aliphatic carboxylic acids is 1. The Kier molecular flexibility index (Phi) is 30.5. The zero-order chi connectivity index (χ0) is 23.6. The Morgan fingerprint density at radius 2 is 0.875 bits per heavy atom. The molecule has 2 aromatic rings.